The molecule has 1 saturated heterocycles. The Morgan fingerprint density at radius 3 is 2.37 bits per heavy atom. The molecule has 5 fully saturated rings. The quantitative estimate of drug-likeness (QED) is 0.289. The first kappa shape index (κ1) is 29.3. The Balaban J connectivity index is 1.26. The maximum atomic E-state index is 10.8. The highest BCUT2D eigenvalue weighted by molar-refractivity contribution is 5.12. The summed E-state index contributed by atoms with van der Waals surface area (Å²) in [5, 5.41) is 18.4. The summed E-state index contributed by atoms with van der Waals surface area (Å²) >= 11 is 0. The first-order chi connectivity index (χ1) is 18.2. The third kappa shape index (κ3) is 5.90. The predicted octanol–water partition coefficient (Wildman–Crippen LogP) is 6.33. The molecule has 3 N–H and O–H groups in total. The third-order valence-corrected chi connectivity index (χ3v) is 13.2. The molecule has 5 aliphatic rings. The van der Waals surface area contributed by atoms with E-state index in [1.54, 1.807) is 0 Å². The minimum atomic E-state index is -0.0776. The lowest BCUT2D eigenvalue weighted by Crippen LogP contribution is -2.61. The Bertz CT molecular complexity index is 752. The van der Waals surface area contributed by atoms with Gasteiger partial charge in [-0.3, -0.25) is 0 Å². The van der Waals surface area contributed by atoms with Crippen LogP contribution in [0.5, 0.6) is 0 Å². The fraction of sp³-hybridized carbons (Fsp3) is 1.00. The van der Waals surface area contributed by atoms with Gasteiger partial charge in [-0.15, -0.1) is 0 Å². The minimum Gasteiger partial charge on any atom is -0.393 e. The lowest BCUT2D eigenvalue weighted by atomic mass is 9.43. The van der Waals surface area contributed by atoms with Gasteiger partial charge in [-0.1, -0.05) is 53.9 Å². The third-order valence-electron chi connectivity index (χ3n) is 13.2. The van der Waals surface area contributed by atoms with Gasteiger partial charge in [-0.2, -0.15) is 0 Å². The summed E-state index contributed by atoms with van der Waals surface area (Å²) in [6.45, 7) is 19.9. The number of aliphatic hydroxyl groups is 1. The van der Waals surface area contributed by atoms with Crippen LogP contribution >= 0.6 is 0 Å². The second-order valence-corrected chi connectivity index (χ2v) is 15.7. The Morgan fingerprint density at radius 2 is 1.61 bits per heavy atom. The second-order valence-electron chi connectivity index (χ2n) is 15.7. The van der Waals surface area contributed by atoms with Crippen LogP contribution in [0.25, 0.3) is 0 Å². The van der Waals surface area contributed by atoms with Crippen molar-refractivity contribution >= 4 is 0 Å². The summed E-state index contributed by atoms with van der Waals surface area (Å²) in [7, 11) is 0. The zero-order valence-electron chi connectivity index (χ0n) is 25.8. The largest absolute Gasteiger partial charge is 0.393 e. The molecule has 38 heavy (non-hydrogen) atoms. The monoisotopic (exact) mass is 529 g/mol. The fourth-order valence-electron chi connectivity index (χ4n) is 11.1. The van der Waals surface area contributed by atoms with Gasteiger partial charge in [-0.25, -0.2) is 0 Å². The summed E-state index contributed by atoms with van der Waals surface area (Å²) in [5.41, 5.74) is 0.975. The van der Waals surface area contributed by atoms with Gasteiger partial charge in [0, 0.05) is 32.2 Å². The molecule has 0 aromatic heterocycles. The number of piperazine rings is 1. The van der Waals surface area contributed by atoms with Gasteiger partial charge in [0.1, 0.15) is 0 Å². The van der Waals surface area contributed by atoms with Crippen molar-refractivity contribution in [3.63, 3.8) is 0 Å². The molecule has 4 saturated carbocycles. The van der Waals surface area contributed by atoms with Crippen molar-refractivity contribution in [3.8, 4) is 0 Å². The minimum absolute atomic E-state index is 0.0776. The zero-order chi connectivity index (χ0) is 26.9. The highest BCUT2D eigenvalue weighted by atomic mass is 16.3. The maximum Gasteiger partial charge on any atom is 0.0543 e. The van der Waals surface area contributed by atoms with Crippen LogP contribution < -0.4 is 10.6 Å². The van der Waals surface area contributed by atoms with Crippen LogP contribution in [0, 0.1) is 52.3 Å². The van der Waals surface area contributed by atoms with E-state index in [4.69, 9.17) is 0 Å². The molecule has 4 nitrogen and oxygen atoms in total. The molecule has 1 heterocycles. The van der Waals surface area contributed by atoms with Crippen LogP contribution in [-0.4, -0.2) is 61.4 Å². The standard InChI is InChI=1S/C34H63N3O/c1-24(2)8-6-9-25(3)28-10-11-29-27-23-32(36-16-7-19-37-20-17-35-18-21-37)31-22-26(38)12-14-34(31,5)30(27)13-15-33(28,29)4/h24-32,35-36,38H,6-23H2,1-5H3. The smallest absolute Gasteiger partial charge is 0.0543 e. The van der Waals surface area contributed by atoms with Gasteiger partial charge in [0.05, 0.1) is 6.10 Å². The van der Waals surface area contributed by atoms with Crippen molar-refractivity contribution in [2.75, 3.05) is 39.3 Å². The van der Waals surface area contributed by atoms with Crippen LogP contribution in [0.3, 0.4) is 0 Å². The number of hydrogen-bond acceptors (Lipinski definition) is 4. The first-order valence-corrected chi connectivity index (χ1v) is 17.1. The molecule has 0 amide bonds. The van der Waals surface area contributed by atoms with Crippen molar-refractivity contribution in [3.05, 3.63) is 0 Å². The zero-order valence-corrected chi connectivity index (χ0v) is 25.8. The molecule has 0 radical (unpaired) electrons. The first-order valence-electron chi connectivity index (χ1n) is 17.1. The number of rotatable bonds is 10. The molecule has 0 aromatic rings. The molecule has 1 aliphatic heterocycles. The molecule has 0 spiro atoms. The van der Waals surface area contributed by atoms with E-state index in [9.17, 15) is 5.11 Å². The molecule has 0 bridgehead atoms. The van der Waals surface area contributed by atoms with E-state index in [2.05, 4.69) is 50.2 Å². The lowest BCUT2D eigenvalue weighted by Gasteiger charge is -2.63. The predicted molar refractivity (Wildman–Crippen MR) is 160 cm³/mol. The van der Waals surface area contributed by atoms with Crippen molar-refractivity contribution in [1.29, 1.82) is 0 Å². The number of aliphatic hydroxyl groups excluding tert-OH is 1. The molecule has 5 rings (SSSR count). The highest BCUT2D eigenvalue weighted by Crippen LogP contribution is 2.68. The number of fused-ring (bicyclic) bond motifs is 5. The van der Waals surface area contributed by atoms with Crippen LogP contribution in [0.4, 0.5) is 0 Å². The van der Waals surface area contributed by atoms with Crippen LogP contribution in [0.2, 0.25) is 0 Å². The second kappa shape index (κ2) is 12.4. The highest BCUT2D eigenvalue weighted by Gasteiger charge is 2.62. The van der Waals surface area contributed by atoms with E-state index in [0.717, 1.165) is 68.0 Å². The molecule has 0 aromatic carbocycles. The van der Waals surface area contributed by atoms with Gasteiger partial charge in [0.15, 0.2) is 0 Å². The molecule has 10 atom stereocenters. The number of hydrogen-bond donors (Lipinski definition) is 3. The summed E-state index contributed by atoms with van der Waals surface area (Å²) in [6.07, 6.45) is 16.0. The number of nitrogens with one attached hydrogen (secondary N) is 2. The van der Waals surface area contributed by atoms with Crippen LogP contribution in [-0.2, 0) is 0 Å². The van der Waals surface area contributed by atoms with E-state index in [1.165, 1.54) is 83.8 Å². The van der Waals surface area contributed by atoms with Crippen LogP contribution in [0.1, 0.15) is 112 Å². The van der Waals surface area contributed by atoms with E-state index >= 15 is 0 Å². The SMILES string of the molecule is CC(C)CCCC(C)C1CCC2C3CC(NCCCN4CCNCC4)C4CC(O)CCC4(C)C3CCC12C. The molecule has 220 valence electrons. The summed E-state index contributed by atoms with van der Waals surface area (Å²) < 4.78 is 0. The van der Waals surface area contributed by atoms with Gasteiger partial charge in [0.2, 0.25) is 0 Å². The Labute approximate surface area is 235 Å². The summed E-state index contributed by atoms with van der Waals surface area (Å²) in [4.78, 5) is 2.64. The normalized spacial score (nSPS) is 44.4. The Kier molecular flexibility index (Phi) is 9.55. The van der Waals surface area contributed by atoms with Crippen molar-refractivity contribution in [1.82, 2.24) is 15.5 Å². The van der Waals surface area contributed by atoms with Crippen molar-refractivity contribution < 1.29 is 5.11 Å². The van der Waals surface area contributed by atoms with Gasteiger partial charge < -0.3 is 20.6 Å². The molecule has 4 aliphatic carbocycles. The van der Waals surface area contributed by atoms with E-state index in [-0.39, 0.29) is 6.10 Å². The summed E-state index contributed by atoms with van der Waals surface area (Å²) in [6, 6.07) is 0.601. The topological polar surface area (TPSA) is 47.5 Å². The van der Waals surface area contributed by atoms with Gasteiger partial charge in [0.25, 0.3) is 0 Å². The Hall–Kier alpha value is -0.160. The van der Waals surface area contributed by atoms with E-state index in [0.29, 0.717) is 22.8 Å². The van der Waals surface area contributed by atoms with E-state index < -0.39 is 0 Å². The van der Waals surface area contributed by atoms with E-state index in [1.807, 2.05) is 0 Å². The number of nitrogens with zero attached hydrogens (tertiary/aromatic N) is 1. The average molecular weight is 530 g/mol. The van der Waals surface area contributed by atoms with Crippen LogP contribution in [0.15, 0.2) is 0 Å². The fourth-order valence-corrected chi connectivity index (χ4v) is 11.1. The Morgan fingerprint density at radius 1 is 0.868 bits per heavy atom. The summed E-state index contributed by atoms with van der Waals surface area (Å²) in [5.74, 6) is 6.02. The maximum absolute atomic E-state index is 10.8. The average Bonchev–Trinajstić information content (AvgIpc) is 3.25. The van der Waals surface area contributed by atoms with Crippen molar-refractivity contribution in [2.24, 2.45) is 52.3 Å². The molecular formula is C34H63N3O. The van der Waals surface area contributed by atoms with Gasteiger partial charge in [-0.05, 0) is 123 Å². The van der Waals surface area contributed by atoms with Crippen molar-refractivity contribution in [2.45, 2.75) is 124 Å². The molecule has 4 heteroatoms. The lowest BCUT2D eigenvalue weighted by molar-refractivity contribution is -0.141. The van der Waals surface area contributed by atoms with Gasteiger partial charge >= 0.3 is 0 Å². The molecule has 10 unspecified atom stereocenters. The molecular weight excluding hydrogens is 466 g/mol.